The van der Waals surface area contributed by atoms with E-state index < -0.39 is 12.3 Å². The van der Waals surface area contributed by atoms with Crippen LogP contribution in [0.3, 0.4) is 0 Å². The molecule has 1 aliphatic rings. The van der Waals surface area contributed by atoms with E-state index in [1.165, 1.54) is 0 Å². The number of ether oxygens (including phenoxy) is 3. The predicted molar refractivity (Wildman–Crippen MR) is 119 cm³/mol. The Morgan fingerprint density at radius 1 is 0.613 bits per heavy atom. The van der Waals surface area contributed by atoms with Gasteiger partial charge in [-0.15, -0.1) is 0 Å². The van der Waals surface area contributed by atoms with Crippen molar-refractivity contribution in [2.45, 2.75) is 44.6 Å². The number of benzene rings is 3. The smallest absolute Gasteiger partial charge is 0.129 e. The standard InChI is InChI=1S/C27H29FO3/c28-25-16-24(20-29-17-21-10-4-1-5-11-21)26(30-18-22-12-6-2-7-13-22)27(25)31-19-23-14-8-3-9-15-23/h1-15,24-27H,16-20H2/t24-,25?,26-,27-/m1/s1. The SMILES string of the molecule is FC1C[C@H](COCc2ccccc2)[C@@H](OCc2ccccc2)[C@@H]1OCc1ccccc1. The van der Waals surface area contributed by atoms with Crippen LogP contribution in [0.1, 0.15) is 23.1 Å². The fraction of sp³-hybridized carbons (Fsp3) is 0.333. The molecule has 3 aromatic carbocycles. The van der Waals surface area contributed by atoms with Crippen molar-refractivity contribution >= 4 is 0 Å². The Bertz CT molecular complexity index is 888. The van der Waals surface area contributed by atoms with Gasteiger partial charge in [-0.25, -0.2) is 4.39 Å². The number of rotatable bonds is 10. The summed E-state index contributed by atoms with van der Waals surface area (Å²) in [4.78, 5) is 0. The summed E-state index contributed by atoms with van der Waals surface area (Å²) in [6, 6.07) is 29.9. The Morgan fingerprint density at radius 2 is 1.06 bits per heavy atom. The molecule has 4 rings (SSSR count). The summed E-state index contributed by atoms with van der Waals surface area (Å²) in [5, 5.41) is 0. The second kappa shape index (κ2) is 11.2. The molecule has 0 N–H and O–H groups in total. The number of alkyl halides is 1. The van der Waals surface area contributed by atoms with Gasteiger partial charge in [-0.3, -0.25) is 0 Å². The molecule has 0 spiro atoms. The maximum absolute atomic E-state index is 15.0. The monoisotopic (exact) mass is 420 g/mol. The molecular formula is C27H29FO3. The Kier molecular flexibility index (Phi) is 7.83. The lowest BCUT2D eigenvalue weighted by Gasteiger charge is -2.26. The van der Waals surface area contributed by atoms with Gasteiger partial charge in [0.1, 0.15) is 12.3 Å². The number of hydrogen-bond acceptors (Lipinski definition) is 3. The summed E-state index contributed by atoms with van der Waals surface area (Å²) in [6.45, 7) is 1.75. The van der Waals surface area contributed by atoms with Gasteiger partial charge in [0.25, 0.3) is 0 Å². The van der Waals surface area contributed by atoms with Crippen LogP contribution in [0.5, 0.6) is 0 Å². The molecule has 31 heavy (non-hydrogen) atoms. The van der Waals surface area contributed by atoms with Gasteiger partial charge in [-0.1, -0.05) is 91.0 Å². The molecule has 3 nitrogen and oxygen atoms in total. The zero-order valence-electron chi connectivity index (χ0n) is 17.6. The summed E-state index contributed by atoms with van der Waals surface area (Å²) >= 11 is 0. The van der Waals surface area contributed by atoms with Crippen molar-refractivity contribution in [2.75, 3.05) is 6.61 Å². The van der Waals surface area contributed by atoms with E-state index in [-0.39, 0.29) is 12.0 Å². The van der Waals surface area contributed by atoms with E-state index in [0.717, 1.165) is 16.7 Å². The van der Waals surface area contributed by atoms with Crippen LogP contribution >= 0.6 is 0 Å². The van der Waals surface area contributed by atoms with Crippen molar-refractivity contribution in [3.05, 3.63) is 108 Å². The van der Waals surface area contributed by atoms with E-state index in [9.17, 15) is 0 Å². The molecular weight excluding hydrogens is 391 g/mol. The van der Waals surface area contributed by atoms with Gasteiger partial charge in [-0.05, 0) is 23.1 Å². The van der Waals surface area contributed by atoms with Gasteiger partial charge in [0.05, 0.1) is 32.5 Å². The molecule has 0 aliphatic heterocycles. The van der Waals surface area contributed by atoms with E-state index in [4.69, 9.17) is 14.2 Å². The molecule has 4 atom stereocenters. The molecule has 0 radical (unpaired) electrons. The van der Waals surface area contributed by atoms with Crippen molar-refractivity contribution in [1.29, 1.82) is 0 Å². The highest BCUT2D eigenvalue weighted by molar-refractivity contribution is 5.15. The third kappa shape index (κ3) is 6.23. The van der Waals surface area contributed by atoms with Gasteiger partial charge in [0.2, 0.25) is 0 Å². The van der Waals surface area contributed by atoms with Crippen LogP contribution in [0, 0.1) is 5.92 Å². The van der Waals surface area contributed by atoms with Crippen LogP contribution in [-0.4, -0.2) is 25.0 Å². The van der Waals surface area contributed by atoms with Gasteiger partial charge >= 0.3 is 0 Å². The lowest BCUT2D eigenvalue weighted by Crippen LogP contribution is -2.35. The molecule has 0 heterocycles. The van der Waals surface area contributed by atoms with Crippen LogP contribution in [0.4, 0.5) is 4.39 Å². The maximum Gasteiger partial charge on any atom is 0.129 e. The van der Waals surface area contributed by atoms with Crippen LogP contribution in [0.25, 0.3) is 0 Å². The first-order chi connectivity index (χ1) is 15.3. The maximum atomic E-state index is 15.0. The van der Waals surface area contributed by atoms with Gasteiger partial charge in [0.15, 0.2) is 0 Å². The Hall–Kier alpha value is -2.53. The van der Waals surface area contributed by atoms with Crippen LogP contribution in [-0.2, 0) is 34.0 Å². The first-order valence-electron chi connectivity index (χ1n) is 10.9. The van der Waals surface area contributed by atoms with Crippen LogP contribution in [0.15, 0.2) is 91.0 Å². The molecule has 4 heteroatoms. The van der Waals surface area contributed by atoms with Crippen LogP contribution < -0.4 is 0 Å². The Labute approximate surface area is 183 Å². The van der Waals surface area contributed by atoms with Gasteiger partial charge in [-0.2, -0.15) is 0 Å². The zero-order chi connectivity index (χ0) is 21.3. The van der Waals surface area contributed by atoms with Gasteiger partial charge in [0, 0.05) is 5.92 Å². The molecule has 0 amide bonds. The summed E-state index contributed by atoms with van der Waals surface area (Å²) in [6.07, 6.45) is -1.65. The van der Waals surface area contributed by atoms with Crippen LogP contribution in [0.2, 0.25) is 0 Å². The molecule has 0 saturated heterocycles. The zero-order valence-corrected chi connectivity index (χ0v) is 17.6. The predicted octanol–water partition coefficient (Wildman–Crippen LogP) is 5.73. The molecule has 0 aromatic heterocycles. The minimum atomic E-state index is -1.07. The summed E-state index contributed by atoms with van der Waals surface area (Å²) < 4.78 is 33.2. The van der Waals surface area contributed by atoms with E-state index in [1.807, 2.05) is 91.0 Å². The molecule has 1 unspecified atom stereocenters. The minimum absolute atomic E-state index is 0.0526. The van der Waals surface area contributed by atoms with E-state index in [1.54, 1.807) is 0 Å². The Morgan fingerprint density at radius 3 is 1.58 bits per heavy atom. The summed E-state index contributed by atoms with van der Waals surface area (Å²) in [5.74, 6) is -0.0526. The molecule has 1 aliphatic carbocycles. The highest BCUT2D eigenvalue weighted by Crippen LogP contribution is 2.35. The molecule has 1 saturated carbocycles. The normalized spacial score (nSPS) is 23.1. The quantitative estimate of drug-likeness (QED) is 0.419. The lowest BCUT2D eigenvalue weighted by molar-refractivity contribution is -0.107. The first-order valence-corrected chi connectivity index (χ1v) is 10.9. The largest absolute Gasteiger partial charge is 0.376 e. The summed E-state index contributed by atoms with van der Waals surface area (Å²) in [5.41, 5.74) is 3.20. The third-order valence-electron chi connectivity index (χ3n) is 5.69. The number of hydrogen-bond donors (Lipinski definition) is 0. The average Bonchev–Trinajstić information content (AvgIpc) is 3.12. The van der Waals surface area contributed by atoms with Crippen molar-refractivity contribution in [3.8, 4) is 0 Å². The van der Waals surface area contributed by atoms with E-state index >= 15 is 4.39 Å². The van der Waals surface area contributed by atoms with Crippen molar-refractivity contribution in [2.24, 2.45) is 5.92 Å². The second-order valence-electron chi connectivity index (χ2n) is 8.03. The molecule has 162 valence electrons. The second-order valence-corrected chi connectivity index (χ2v) is 8.03. The molecule has 1 fully saturated rings. The lowest BCUT2D eigenvalue weighted by atomic mass is 10.1. The summed E-state index contributed by atoms with van der Waals surface area (Å²) in [7, 11) is 0. The minimum Gasteiger partial charge on any atom is -0.376 e. The average molecular weight is 421 g/mol. The molecule has 0 bridgehead atoms. The topological polar surface area (TPSA) is 27.7 Å². The number of halogens is 1. The van der Waals surface area contributed by atoms with Crippen molar-refractivity contribution in [1.82, 2.24) is 0 Å². The van der Waals surface area contributed by atoms with Crippen molar-refractivity contribution < 1.29 is 18.6 Å². The highest BCUT2D eigenvalue weighted by Gasteiger charge is 2.45. The van der Waals surface area contributed by atoms with Gasteiger partial charge < -0.3 is 14.2 Å². The van der Waals surface area contributed by atoms with Crippen molar-refractivity contribution in [3.63, 3.8) is 0 Å². The first kappa shape index (κ1) is 21.7. The molecule has 3 aromatic rings. The van der Waals surface area contributed by atoms with E-state index in [2.05, 4.69) is 0 Å². The fourth-order valence-corrected chi connectivity index (χ4v) is 4.06. The third-order valence-corrected chi connectivity index (χ3v) is 5.69. The highest BCUT2D eigenvalue weighted by atomic mass is 19.1. The Balaban J connectivity index is 1.39. The fourth-order valence-electron chi connectivity index (χ4n) is 4.06. The van der Waals surface area contributed by atoms with E-state index in [0.29, 0.717) is 32.8 Å².